The molecule has 1 heterocycles. The van der Waals surface area contributed by atoms with E-state index < -0.39 is 6.04 Å². The Morgan fingerprint density at radius 3 is 2.43 bits per heavy atom. The van der Waals surface area contributed by atoms with Crippen molar-refractivity contribution in [1.29, 1.82) is 0 Å². The molecule has 3 atom stereocenters. The van der Waals surface area contributed by atoms with E-state index in [1.54, 1.807) is 45.5 Å². The quantitative estimate of drug-likeness (QED) is 0.638. The van der Waals surface area contributed by atoms with E-state index in [1.165, 1.54) is 4.90 Å². The molecular weight excluding hydrogens is 444 g/mol. The molecule has 0 aliphatic carbocycles. The highest BCUT2D eigenvalue weighted by molar-refractivity contribution is 5.99. The maximum atomic E-state index is 13.6. The van der Waals surface area contributed by atoms with Crippen LogP contribution in [0.4, 0.5) is 0 Å². The van der Waals surface area contributed by atoms with Gasteiger partial charge in [0.15, 0.2) is 0 Å². The first kappa shape index (κ1) is 26.1. The standard InChI is InChI=1S/C28H36N2O5/c1-18(2)26-27(31)29-23(21-16-15-20(33-5)17-25(21)34-6)13-9-7-11-19(3)35-24-14-10-8-12-22(24)28(32)30(26)4/h7-10,12,14-19,23,26H,11,13H2,1-6H3,(H,29,31)/b9-7-/t19-,23-,26-/m0/s1. The molecule has 7 heteroatoms. The summed E-state index contributed by atoms with van der Waals surface area (Å²) in [5.74, 6) is 1.22. The molecule has 2 aromatic rings. The highest BCUT2D eigenvalue weighted by atomic mass is 16.5. The molecule has 188 valence electrons. The number of para-hydroxylation sites is 1. The van der Waals surface area contributed by atoms with Crippen LogP contribution in [0.25, 0.3) is 0 Å². The second kappa shape index (κ2) is 11.8. The average Bonchev–Trinajstić information content (AvgIpc) is 2.84. The Morgan fingerprint density at radius 2 is 1.74 bits per heavy atom. The number of benzene rings is 2. The average molecular weight is 481 g/mol. The third-order valence-electron chi connectivity index (χ3n) is 6.22. The number of nitrogens with one attached hydrogen (secondary N) is 1. The number of methoxy groups -OCH3 is 2. The van der Waals surface area contributed by atoms with Crippen LogP contribution in [0.15, 0.2) is 54.6 Å². The van der Waals surface area contributed by atoms with Crippen molar-refractivity contribution in [3.8, 4) is 17.2 Å². The lowest BCUT2D eigenvalue weighted by Crippen LogP contribution is -2.51. The summed E-state index contributed by atoms with van der Waals surface area (Å²) in [5.41, 5.74) is 1.28. The van der Waals surface area contributed by atoms with Crippen molar-refractivity contribution >= 4 is 11.8 Å². The molecular formula is C28H36N2O5. The first-order chi connectivity index (χ1) is 16.8. The fourth-order valence-electron chi connectivity index (χ4n) is 4.40. The van der Waals surface area contributed by atoms with E-state index in [9.17, 15) is 9.59 Å². The zero-order valence-corrected chi connectivity index (χ0v) is 21.4. The van der Waals surface area contributed by atoms with Gasteiger partial charge in [0.25, 0.3) is 5.91 Å². The molecule has 0 aromatic heterocycles. The van der Waals surface area contributed by atoms with Gasteiger partial charge in [0, 0.05) is 25.1 Å². The van der Waals surface area contributed by atoms with Crippen LogP contribution < -0.4 is 19.5 Å². The molecule has 0 radical (unpaired) electrons. The summed E-state index contributed by atoms with van der Waals surface area (Å²) in [5, 5.41) is 3.18. The number of ether oxygens (including phenoxy) is 3. The number of amides is 2. The normalized spacial score (nSPS) is 22.5. The molecule has 0 unspecified atom stereocenters. The van der Waals surface area contributed by atoms with Crippen LogP contribution in [0.1, 0.15) is 55.6 Å². The number of likely N-dealkylation sites (N-methyl/N-ethyl adjacent to an activating group) is 1. The monoisotopic (exact) mass is 480 g/mol. The molecule has 1 aliphatic rings. The van der Waals surface area contributed by atoms with Gasteiger partial charge in [-0.3, -0.25) is 9.59 Å². The minimum absolute atomic E-state index is 0.113. The molecule has 35 heavy (non-hydrogen) atoms. The number of fused-ring (bicyclic) bond motifs is 1. The molecule has 0 spiro atoms. The predicted octanol–water partition coefficient (Wildman–Crippen LogP) is 4.78. The van der Waals surface area contributed by atoms with Gasteiger partial charge >= 0.3 is 0 Å². The van der Waals surface area contributed by atoms with Crippen molar-refractivity contribution in [3.63, 3.8) is 0 Å². The van der Waals surface area contributed by atoms with Gasteiger partial charge in [-0.25, -0.2) is 0 Å². The van der Waals surface area contributed by atoms with Crippen LogP contribution >= 0.6 is 0 Å². The van der Waals surface area contributed by atoms with Gasteiger partial charge in [-0.2, -0.15) is 0 Å². The minimum Gasteiger partial charge on any atom is -0.497 e. The first-order valence-corrected chi connectivity index (χ1v) is 12.0. The SMILES string of the molecule is COc1ccc([C@@H]2C/C=C\C[C@H](C)Oc3ccccc3C(=O)N(C)[C@@H](C(C)C)C(=O)N2)c(OC)c1. The predicted molar refractivity (Wildman–Crippen MR) is 136 cm³/mol. The van der Waals surface area contributed by atoms with Gasteiger partial charge in [-0.15, -0.1) is 0 Å². The summed E-state index contributed by atoms with van der Waals surface area (Å²) < 4.78 is 17.1. The van der Waals surface area contributed by atoms with Crippen LogP contribution in [0.3, 0.4) is 0 Å². The van der Waals surface area contributed by atoms with Gasteiger partial charge in [0.05, 0.1) is 31.9 Å². The Morgan fingerprint density at radius 1 is 1.03 bits per heavy atom. The molecule has 2 amide bonds. The zero-order chi connectivity index (χ0) is 25.5. The van der Waals surface area contributed by atoms with Crippen molar-refractivity contribution in [3.05, 3.63) is 65.7 Å². The van der Waals surface area contributed by atoms with Crippen molar-refractivity contribution in [2.45, 2.75) is 51.8 Å². The van der Waals surface area contributed by atoms with Crippen molar-refractivity contribution in [2.75, 3.05) is 21.3 Å². The van der Waals surface area contributed by atoms with Gasteiger partial charge in [0.2, 0.25) is 5.91 Å². The minimum atomic E-state index is -0.674. The fourth-order valence-corrected chi connectivity index (χ4v) is 4.40. The number of rotatable bonds is 4. The van der Waals surface area contributed by atoms with Gasteiger partial charge in [0.1, 0.15) is 23.3 Å². The number of hydrogen-bond donors (Lipinski definition) is 1. The summed E-state index contributed by atoms with van der Waals surface area (Å²) in [4.78, 5) is 28.7. The number of carbonyl (C=O) groups is 2. The molecule has 0 saturated carbocycles. The van der Waals surface area contributed by atoms with Crippen molar-refractivity contribution in [1.82, 2.24) is 10.2 Å². The largest absolute Gasteiger partial charge is 0.497 e. The van der Waals surface area contributed by atoms with Crippen LogP contribution in [0.2, 0.25) is 0 Å². The first-order valence-electron chi connectivity index (χ1n) is 12.0. The molecule has 0 saturated heterocycles. The Kier molecular flexibility index (Phi) is 8.79. The molecule has 1 aliphatic heterocycles. The van der Waals surface area contributed by atoms with Crippen LogP contribution in [0.5, 0.6) is 17.2 Å². The number of carbonyl (C=O) groups excluding carboxylic acids is 2. The number of hydrogen-bond acceptors (Lipinski definition) is 5. The lowest BCUT2D eigenvalue weighted by molar-refractivity contribution is -0.127. The van der Waals surface area contributed by atoms with E-state index in [4.69, 9.17) is 14.2 Å². The number of nitrogens with zero attached hydrogens (tertiary/aromatic N) is 1. The lowest BCUT2D eigenvalue weighted by Gasteiger charge is -2.32. The Hall–Kier alpha value is -3.48. The molecule has 7 nitrogen and oxygen atoms in total. The summed E-state index contributed by atoms with van der Waals surface area (Å²) in [7, 11) is 4.86. The smallest absolute Gasteiger partial charge is 0.258 e. The molecule has 3 rings (SSSR count). The van der Waals surface area contributed by atoms with E-state index in [1.807, 2.05) is 51.1 Å². The molecule has 0 bridgehead atoms. The van der Waals surface area contributed by atoms with E-state index in [0.29, 0.717) is 35.7 Å². The summed E-state index contributed by atoms with van der Waals surface area (Å²) >= 11 is 0. The summed E-state index contributed by atoms with van der Waals surface area (Å²) in [6.07, 6.45) is 5.18. The molecule has 1 N–H and O–H groups in total. The van der Waals surface area contributed by atoms with Crippen LogP contribution in [0, 0.1) is 5.92 Å². The summed E-state index contributed by atoms with van der Waals surface area (Å²) in [6.45, 7) is 5.85. The highest BCUT2D eigenvalue weighted by Gasteiger charge is 2.33. The Labute approximate surface area is 208 Å². The van der Waals surface area contributed by atoms with E-state index in [-0.39, 0.29) is 29.9 Å². The fraction of sp³-hybridized carbons (Fsp3) is 0.429. The van der Waals surface area contributed by atoms with Crippen molar-refractivity contribution < 1.29 is 23.8 Å². The third-order valence-corrected chi connectivity index (χ3v) is 6.22. The van der Waals surface area contributed by atoms with Gasteiger partial charge in [-0.1, -0.05) is 38.1 Å². The van der Waals surface area contributed by atoms with Crippen molar-refractivity contribution in [2.24, 2.45) is 5.92 Å². The second-order valence-electron chi connectivity index (χ2n) is 9.14. The molecule has 0 fully saturated rings. The summed E-state index contributed by atoms with van der Waals surface area (Å²) in [6, 6.07) is 11.7. The topological polar surface area (TPSA) is 77.1 Å². The maximum absolute atomic E-state index is 13.6. The lowest BCUT2D eigenvalue weighted by atomic mass is 9.97. The van der Waals surface area contributed by atoms with E-state index >= 15 is 0 Å². The van der Waals surface area contributed by atoms with Gasteiger partial charge in [-0.05, 0) is 43.5 Å². The maximum Gasteiger partial charge on any atom is 0.258 e. The Balaban J connectivity index is 2.04. The Bertz CT molecular complexity index is 1070. The zero-order valence-electron chi connectivity index (χ0n) is 21.4. The van der Waals surface area contributed by atoms with Crippen LogP contribution in [-0.4, -0.2) is 50.1 Å². The second-order valence-corrected chi connectivity index (χ2v) is 9.14. The van der Waals surface area contributed by atoms with E-state index in [0.717, 1.165) is 5.56 Å². The van der Waals surface area contributed by atoms with E-state index in [2.05, 4.69) is 5.32 Å². The van der Waals surface area contributed by atoms with Crippen LogP contribution in [-0.2, 0) is 4.79 Å². The molecule has 2 aromatic carbocycles. The highest BCUT2D eigenvalue weighted by Crippen LogP contribution is 2.32. The van der Waals surface area contributed by atoms with Gasteiger partial charge < -0.3 is 24.4 Å². The third kappa shape index (κ3) is 6.15.